The molecule has 0 spiro atoms. The van der Waals surface area contributed by atoms with Crippen LogP contribution in [0.5, 0.6) is 0 Å². The minimum atomic E-state index is 0.398. The number of anilines is 1. The number of nitriles is 1. The number of nitrogens with one attached hydrogen (secondary N) is 1. The average molecular weight is 244 g/mol. The zero-order chi connectivity index (χ0) is 13.3. The zero-order valence-electron chi connectivity index (χ0n) is 11.5. The van der Waals surface area contributed by atoms with Crippen molar-refractivity contribution in [3.8, 4) is 6.07 Å². The lowest BCUT2D eigenvalue weighted by Crippen LogP contribution is -2.54. The van der Waals surface area contributed by atoms with E-state index in [1.54, 1.807) is 0 Å². The molecular formula is C14H20N4. The number of rotatable bonds is 1. The summed E-state index contributed by atoms with van der Waals surface area (Å²) in [5.74, 6) is 0. The van der Waals surface area contributed by atoms with Crippen LogP contribution >= 0.6 is 0 Å². The van der Waals surface area contributed by atoms with Crippen LogP contribution < -0.4 is 10.2 Å². The van der Waals surface area contributed by atoms with Crippen LogP contribution in [-0.4, -0.2) is 30.2 Å². The summed E-state index contributed by atoms with van der Waals surface area (Å²) in [6.45, 7) is 10.1. The topological polar surface area (TPSA) is 52.0 Å². The Morgan fingerprint density at radius 1 is 1.44 bits per heavy atom. The fourth-order valence-corrected chi connectivity index (χ4v) is 2.53. The number of pyridine rings is 1. The highest BCUT2D eigenvalue weighted by Crippen LogP contribution is 2.26. The Labute approximate surface area is 109 Å². The molecule has 4 nitrogen and oxygen atoms in total. The molecule has 18 heavy (non-hydrogen) atoms. The van der Waals surface area contributed by atoms with Gasteiger partial charge in [0.25, 0.3) is 0 Å². The molecule has 0 aliphatic carbocycles. The highest BCUT2D eigenvalue weighted by atomic mass is 15.2. The highest BCUT2D eigenvalue weighted by molar-refractivity contribution is 5.62. The fraction of sp³-hybridized carbons (Fsp3) is 0.571. The van der Waals surface area contributed by atoms with Crippen molar-refractivity contribution in [2.24, 2.45) is 0 Å². The molecule has 1 aromatic rings. The Bertz CT molecular complexity index is 489. The maximum absolute atomic E-state index is 9.34. The Balaban J connectivity index is 2.46. The van der Waals surface area contributed by atoms with Gasteiger partial charge < -0.3 is 10.2 Å². The summed E-state index contributed by atoms with van der Waals surface area (Å²) in [5.41, 5.74) is 3.54. The second-order valence-electron chi connectivity index (χ2n) is 5.17. The van der Waals surface area contributed by atoms with Gasteiger partial charge in [-0.3, -0.25) is 4.98 Å². The molecular weight excluding hydrogens is 224 g/mol. The van der Waals surface area contributed by atoms with Crippen molar-refractivity contribution < 1.29 is 0 Å². The second kappa shape index (κ2) is 4.95. The lowest BCUT2D eigenvalue weighted by Gasteiger charge is -2.39. The normalized spacial score (nSPS) is 23.8. The fourth-order valence-electron chi connectivity index (χ4n) is 2.53. The Morgan fingerprint density at radius 2 is 2.17 bits per heavy atom. The van der Waals surface area contributed by atoms with Crippen molar-refractivity contribution in [1.82, 2.24) is 10.3 Å². The van der Waals surface area contributed by atoms with Gasteiger partial charge in [-0.1, -0.05) is 0 Å². The van der Waals surface area contributed by atoms with E-state index in [2.05, 4.69) is 35.1 Å². The van der Waals surface area contributed by atoms with Crippen molar-refractivity contribution >= 4 is 5.69 Å². The third-order valence-corrected chi connectivity index (χ3v) is 3.49. The Hall–Kier alpha value is -1.60. The molecule has 1 aliphatic rings. The predicted octanol–water partition coefficient (Wildman–Crippen LogP) is 1.76. The molecule has 4 heteroatoms. The standard InChI is InChI=1S/C14H20N4/c1-9-5-14(13(6-15)12(4)17-9)18-8-10(2)16-7-11(18)3/h5,10-11,16H,7-8H2,1-4H3. The number of hydrogen-bond donors (Lipinski definition) is 1. The lowest BCUT2D eigenvalue weighted by molar-refractivity contribution is 0.425. The SMILES string of the molecule is Cc1cc(N2CC(C)NCC2C)c(C#N)c(C)n1. The molecule has 96 valence electrons. The maximum Gasteiger partial charge on any atom is 0.103 e. The first kappa shape index (κ1) is 12.8. The van der Waals surface area contributed by atoms with Crippen molar-refractivity contribution in [3.63, 3.8) is 0 Å². The van der Waals surface area contributed by atoms with Gasteiger partial charge in [-0.15, -0.1) is 0 Å². The van der Waals surface area contributed by atoms with E-state index in [0.29, 0.717) is 17.6 Å². The van der Waals surface area contributed by atoms with E-state index >= 15 is 0 Å². The summed E-state index contributed by atoms with van der Waals surface area (Å²) in [7, 11) is 0. The highest BCUT2D eigenvalue weighted by Gasteiger charge is 2.25. The van der Waals surface area contributed by atoms with Gasteiger partial charge in [0.05, 0.1) is 16.9 Å². The van der Waals surface area contributed by atoms with Crippen LogP contribution in [0.3, 0.4) is 0 Å². The zero-order valence-corrected chi connectivity index (χ0v) is 11.5. The van der Waals surface area contributed by atoms with Crippen LogP contribution in [0.25, 0.3) is 0 Å². The van der Waals surface area contributed by atoms with Crippen LogP contribution in [0.4, 0.5) is 5.69 Å². The van der Waals surface area contributed by atoms with Gasteiger partial charge in [0.15, 0.2) is 0 Å². The van der Waals surface area contributed by atoms with E-state index in [9.17, 15) is 5.26 Å². The minimum Gasteiger partial charge on any atom is -0.365 e. The van der Waals surface area contributed by atoms with Gasteiger partial charge in [0, 0.05) is 30.9 Å². The number of aryl methyl sites for hydroxylation is 2. The minimum absolute atomic E-state index is 0.398. The predicted molar refractivity (Wildman–Crippen MR) is 72.7 cm³/mol. The van der Waals surface area contributed by atoms with Gasteiger partial charge in [-0.05, 0) is 33.8 Å². The van der Waals surface area contributed by atoms with E-state index in [0.717, 1.165) is 30.2 Å². The van der Waals surface area contributed by atoms with Gasteiger partial charge in [0.2, 0.25) is 0 Å². The van der Waals surface area contributed by atoms with Crippen LogP contribution in [0.15, 0.2) is 6.07 Å². The first-order valence-corrected chi connectivity index (χ1v) is 6.41. The first-order chi connectivity index (χ1) is 8.52. The molecule has 0 bridgehead atoms. The number of aromatic nitrogens is 1. The van der Waals surface area contributed by atoms with E-state index < -0.39 is 0 Å². The molecule has 1 fully saturated rings. The molecule has 2 rings (SSSR count). The van der Waals surface area contributed by atoms with E-state index in [4.69, 9.17) is 0 Å². The number of piperazine rings is 1. The van der Waals surface area contributed by atoms with E-state index in [1.807, 2.05) is 19.9 Å². The van der Waals surface area contributed by atoms with Crippen LogP contribution in [0.1, 0.15) is 30.8 Å². The molecule has 1 aromatic heterocycles. The van der Waals surface area contributed by atoms with E-state index in [1.165, 1.54) is 0 Å². The quantitative estimate of drug-likeness (QED) is 0.818. The Morgan fingerprint density at radius 3 is 2.83 bits per heavy atom. The summed E-state index contributed by atoms with van der Waals surface area (Å²) in [6, 6.07) is 5.17. The van der Waals surface area contributed by atoms with Gasteiger partial charge >= 0.3 is 0 Å². The van der Waals surface area contributed by atoms with Crippen LogP contribution in [0, 0.1) is 25.2 Å². The molecule has 1 saturated heterocycles. The molecule has 2 unspecified atom stereocenters. The summed E-state index contributed by atoms with van der Waals surface area (Å²) < 4.78 is 0. The molecule has 2 atom stereocenters. The summed E-state index contributed by atoms with van der Waals surface area (Å²) in [5, 5.41) is 12.8. The van der Waals surface area contributed by atoms with E-state index in [-0.39, 0.29) is 0 Å². The van der Waals surface area contributed by atoms with Crippen LogP contribution in [0.2, 0.25) is 0 Å². The van der Waals surface area contributed by atoms with Crippen molar-refractivity contribution in [3.05, 3.63) is 23.0 Å². The molecule has 0 saturated carbocycles. The molecule has 2 heterocycles. The maximum atomic E-state index is 9.34. The largest absolute Gasteiger partial charge is 0.365 e. The third kappa shape index (κ3) is 2.32. The summed E-state index contributed by atoms with van der Waals surface area (Å²) in [6.07, 6.45) is 0. The third-order valence-electron chi connectivity index (χ3n) is 3.49. The molecule has 0 aromatic carbocycles. The smallest absolute Gasteiger partial charge is 0.103 e. The van der Waals surface area contributed by atoms with Crippen LogP contribution in [-0.2, 0) is 0 Å². The summed E-state index contributed by atoms with van der Waals surface area (Å²) in [4.78, 5) is 6.70. The molecule has 0 radical (unpaired) electrons. The number of nitrogens with zero attached hydrogens (tertiary/aromatic N) is 3. The monoisotopic (exact) mass is 244 g/mol. The number of hydrogen-bond acceptors (Lipinski definition) is 4. The average Bonchev–Trinajstić information content (AvgIpc) is 2.31. The molecule has 1 aliphatic heterocycles. The van der Waals surface area contributed by atoms with Gasteiger partial charge in [-0.25, -0.2) is 0 Å². The van der Waals surface area contributed by atoms with Crippen molar-refractivity contribution in [2.45, 2.75) is 39.8 Å². The molecule has 1 N–H and O–H groups in total. The van der Waals surface area contributed by atoms with Crippen molar-refractivity contribution in [2.75, 3.05) is 18.0 Å². The molecule has 0 amide bonds. The second-order valence-corrected chi connectivity index (χ2v) is 5.17. The van der Waals surface area contributed by atoms with Crippen molar-refractivity contribution in [1.29, 1.82) is 5.26 Å². The van der Waals surface area contributed by atoms with Gasteiger partial charge in [-0.2, -0.15) is 5.26 Å². The summed E-state index contributed by atoms with van der Waals surface area (Å²) >= 11 is 0. The first-order valence-electron chi connectivity index (χ1n) is 6.41. The Kier molecular flexibility index (Phi) is 3.53. The van der Waals surface area contributed by atoms with Gasteiger partial charge in [0.1, 0.15) is 6.07 Å². The lowest BCUT2D eigenvalue weighted by atomic mass is 10.1.